The molecule has 0 bridgehead atoms. The summed E-state index contributed by atoms with van der Waals surface area (Å²) in [5.41, 5.74) is 4.36. The van der Waals surface area contributed by atoms with Crippen LogP contribution in [0.4, 0.5) is 5.69 Å². The van der Waals surface area contributed by atoms with Crippen LogP contribution in [0.1, 0.15) is 12.5 Å². The van der Waals surface area contributed by atoms with E-state index < -0.39 is 0 Å². The molecule has 0 atom stereocenters. The van der Waals surface area contributed by atoms with Crippen molar-refractivity contribution in [1.29, 1.82) is 0 Å². The molecule has 4 nitrogen and oxygen atoms in total. The van der Waals surface area contributed by atoms with E-state index in [-0.39, 0.29) is 0 Å². The van der Waals surface area contributed by atoms with Gasteiger partial charge in [0.15, 0.2) is 11.5 Å². The summed E-state index contributed by atoms with van der Waals surface area (Å²) in [4.78, 5) is 0. The molecule has 0 saturated heterocycles. The largest absolute Gasteiger partial charge is 0.493 e. The Balaban J connectivity index is 2.15. The summed E-state index contributed by atoms with van der Waals surface area (Å²) in [5.74, 6) is 1.07. The Morgan fingerprint density at radius 1 is 1.09 bits per heavy atom. The molecule has 0 unspecified atom stereocenters. The highest BCUT2D eigenvalue weighted by Crippen LogP contribution is 2.36. The van der Waals surface area contributed by atoms with Gasteiger partial charge in [-0.05, 0) is 42.8 Å². The first-order valence-corrected chi connectivity index (χ1v) is 7.93. The maximum atomic E-state index is 6.21. The molecule has 7 heteroatoms. The van der Waals surface area contributed by atoms with Crippen LogP contribution in [0.25, 0.3) is 0 Å². The van der Waals surface area contributed by atoms with Gasteiger partial charge < -0.3 is 9.47 Å². The van der Waals surface area contributed by atoms with Crippen LogP contribution in [0.15, 0.2) is 35.4 Å². The van der Waals surface area contributed by atoms with E-state index in [1.54, 1.807) is 43.7 Å². The Bertz CT molecular complexity index is 721. The van der Waals surface area contributed by atoms with Crippen LogP contribution in [0.2, 0.25) is 15.1 Å². The van der Waals surface area contributed by atoms with E-state index in [1.165, 1.54) is 0 Å². The molecule has 23 heavy (non-hydrogen) atoms. The van der Waals surface area contributed by atoms with Gasteiger partial charge in [0.05, 0.1) is 40.7 Å². The third kappa shape index (κ3) is 4.67. The van der Waals surface area contributed by atoms with Gasteiger partial charge in [-0.25, -0.2) is 0 Å². The normalized spacial score (nSPS) is 10.8. The lowest BCUT2D eigenvalue weighted by molar-refractivity contribution is 0.311. The maximum absolute atomic E-state index is 6.21. The zero-order chi connectivity index (χ0) is 16.8. The standard InChI is InChI=1S/C16H15Cl3N2O2/c1-3-23-16-14(19)6-10(7-15(16)22-2)9-20-21-11-4-5-12(17)13(18)8-11/h4-9,21H,3H2,1-2H3. The Kier molecular flexibility index (Phi) is 6.39. The van der Waals surface area contributed by atoms with E-state index >= 15 is 0 Å². The molecule has 0 heterocycles. The molecule has 0 aliphatic rings. The molecule has 2 aromatic rings. The van der Waals surface area contributed by atoms with Gasteiger partial charge in [-0.2, -0.15) is 5.10 Å². The summed E-state index contributed by atoms with van der Waals surface area (Å²) < 4.78 is 10.8. The van der Waals surface area contributed by atoms with Gasteiger partial charge in [0.25, 0.3) is 0 Å². The second-order valence-electron chi connectivity index (χ2n) is 4.47. The number of anilines is 1. The molecular formula is C16H15Cl3N2O2. The minimum Gasteiger partial charge on any atom is -0.493 e. The predicted molar refractivity (Wildman–Crippen MR) is 96.9 cm³/mol. The van der Waals surface area contributed by atoms with Crippen LogP contribution in [0.3, 0.4) is 0 Å². The minimum absolute atomic E-state index is 0.456. The van der Waals surface area contributed by atoms with Crippen molar-refractivity contribution in [3.63, 3.8) is 0 Å². The van der Waals surface area contributed by atoms with E-state index in [4.69, 9.17) is 44.3 Å². The van der Waals surface area contributed by atoms with Crippen LogP contribution < -0.4 is 14.9 Å². The van der Waals surface area contributed by atoms with Crippen molar-refractivity contribution in [2.75, 3.05) is 19.1 Å². The summed E-state index contributed by atoms with van der Waals surface area (Å²) in [6.45, 7) is 2.38. The Labute approximate surface area is 150 Å². The van der Waals surface area contributed by atoms with Crippen LogP contribution in [-0.4, -0.2) is 19.9 Å². The van der Waals surface area contributed by atoms with Gasteiger partial charge >= 0.3 is 0 Å². The molecule has 1 N–H and O–H groups in total. The highest BCUT2D eigenvalue weighted by Gasteiger charge is 2.10. The highest BCUT2D eigenvalue weighted by atomic mass is 35.5. The Morgan fingerprint density at radius 3 is 2.52 bits per heavy atom. The summed E-state index contributed by atoms with van der Waals surface area (Å²) in [6.07, 6.45) is 1.62. The van der Waals surface area contributed by atoms with Gasteiger partial charge in [-0.3, -0.25) is 5.43 Å². The first-order chi connectivity index (χ1) is 11.0. The number of hydrogen-bond donors (Lipinski definition) is 1. The van der Waals surface area contributed by atoms with Crippen molar-refractivity contribution in [2.45, 2.75) is 6.92 Å². The fraction of sp³-hybridized carbons (Fsp3) is 0.188. The number of nitrogens with zero attached hydrogens (tertiary/aromatic N) is 1. The van der Waals surface area contributed by atoms with Crippen LogP contribution in [0.5, 0.6) is 11.5 Å². The number of nitrogens with one attached hydrogen (secondary N) is 1. The Hall–Kier alpha value is -1.62. The predicted octanol–water partition coefficient (Wildman–Crippen LogP) is 5.50. The lowest BCUT2D eigenvalue weighted by atomic mass is 10.2. The van der Waals surface area contributed by atoms with Crippen molar-refractivity contribution in [3.05, 3.63) is 51.0 Å². The molecule has 0 aromatic heterocycles. The summed E-state index contributed by atoms with van der Waals surface area (Å²) in [7, 11) is 1.56. The van der Waals surface area contributed by atoms with Gasteiger partial charge in [0, 0.05) is 0 Å². The summed E-state index contributed by atoms with van der Waals surface area (Å²) in [6, 6.07) is 8.69. The number of methoxy groups -OCH3 is 1. The molecule has 0 spiro atoms. The highest BCUT2D eigenvalue weighted by molar-refractivity contribution is 6.42. The minimum atomic E-state index is 0.456. The van der Waals surface area contributed by atoms with Crippen molar-refractivity contribution in [3.8, 4) is 11.5 Å². The number of ether oxygens (including phenoxy) is 2. The van der Waals surface area contributed by atoms with Crippen LogP contribution in [0, 0.1) is 0 Å². The second kappa shape index (κ2) is 8.29. The molecule has 122 valence electrons. The molecular weight excluding hydrogens is 359 g/mol. The third-order valence-corrected chi connectivity index (χ3v) is 3.89. The number of halogens is 3. The molecule has 2 rings (SSSR count). The first kappa shape index (κ1) is 17.7. The summed E-state index contributed by atoms with van der Waals surface area (Å²) >= 11 is 18.0. The molecule has 0 saturated carbocycles. The maximum Gasteiger partial charge on any atom is 0.179 e. The molecule has 0 radical (unpaired) electrons. The fourth-order valence-electron chi connectivity index (χ4n) is 1.85. The van der Waals surface area contributed by atoms with Gasteiger partial charge in [0.1, 0.15) is 0 Å². The lowest BCUT2D eigenvalue weighted by Crippen LogP contribution is -1.98. The average molecular weight is 374 g/mol. The molecule has 2 aromatic carbocycles. The first-order valence-electron chi connectivity index (χ1n) is 6.79. The topological polar surface area (TPSA) is 42.8 Å². The molecule has 0 aliphatic heterocycles. The van der Waals surface area contributed by atoms with Crippen molar-refractivity contribution in [2.24, 2.45) is 5.10 Å². The Morgan fingerprint density at radius 2 is 1.87 bits per heavy atom. The fourth-order valence-corrected chi connectivity index (χ4v) is 2.42. The second-order valence-corrected chi connectivity index (χ2v) is 5.69. The number of hydrazone groups is 1. The van der Waals surface area contributed by atoms with E-state index in [0.29, 0.717) is 33.2 Å². The average Bonchev–Trinajstić information content (AvgIpc) is 2.53. The third-order valence-electron chi connectivity index (χ3n) is 2.87. The smallest absolute Gasteiger partial charge is 0.179 e. The molecule has 0 aliphatic carbocycles. The van der Waals surface area contributed by atoms with Crippen molar-refractivity contribution >= 4 is 46.7 Å². The SMILES string of the molecule is CCOc1c(Cl)cc(C=NNc2ccc(Cl)c(Cl)c2)cc1OC. The van der Waals surface area contributed by atoms with Crippen molar-refractivity contribution in [1.82, 2.24) is 0 Å². The zero-order valence-electron chi connectivity index (χ0n) is 12.6. The van der Waals surface area contributed by atoms with E-state index in [0.717, 1.165) is 11.3 Å². The lowest BCUT2D eigenvalue weighted by Gasteiger charge is -2.11. The van der Waals surface area contributed by atoms with Crippen LogP contribution >= 0.6 is 34.8 Å². The van der Waals surface area contributed by atoms with Crippen LogP contribution in [-0.2, 0) is 0 Å². The van der Waals surface area contributed by atoms with E-state index in [1.807, 2.05) is 6.92 Å². The zero-order valence-corrected chi connectivity index (χ0v) is 14.8. The molecule has 0 amide bonds. The van der Waals surface area contributed by atoms with Crippen molar-refractivity contribution < 1.29 is 9.47 Å². The quantitative estimate of drug-likeness (QED) is 0.537. The van der Waals surface area contributed by atoms with Gasteiger partial charge in [-0.15, -0.1) is 0 Å². The van der Waals surface area contributed by atoms with E-state index in [9.17, 15) is 0 Å². The summed E-state index contributed by atoms with van der Waals surface area (Å²) in [5, 5.41) is 5.55. The monoisotopic (exact) mass is 372 g/mol. The number of rotatable bonds is 6. The number of hydrogen-bond acceptors (Lipinski definition) is 4. The molecule has 0 fully saturated rings. The van der Waals surface area contributed by atoms with Gasteiger partial charge in [0.2, 0.25) is 0 Å². The van der Waals surface area contributed by atoms with Gasteiger partial charge in [-0.1, -0.05) is 34.8 Å². The van der Waals surface area contributed by atoms with E-state index in [2.05, 4.69) is 10.5 Å². The number of benzene rings is 2.